The first-order valence-corrected chi connectivity index (χ1v) is 4.01. The molecule has 0 nitrogen and oxygen atoms in total. The molecule has 58 valence electrons. The van der Waals surface area contributed by atoms with Crippen molar-refractivity contribution in [1.29, 1.82) is 0 Å². The average Bonchev–Trinajstić information content (AvgIpc) is 1.91. The summed E-state index contributed by atoms with van der Waals surface area (Å²) in [6.07, 6.45) is 0. The van der Waals surface area contributed by atoms with Gasteiger partial charge in [0, 0.05) is 0 Å². The van der Waals surface area contributed by atoms with Gasteiger partial charge in [-0.1, -0.05) is 6.92 Å². The Morgan fingerprint density at radius 1 is 1.50 bits per heavy atom. The van der Waals surface area contributed by atoms with Gasteiger partial charge >= 0.3 is 17.1 Å². The first kappa shape index (κ1) is 10.1. The maximum atomic E-state index is 3.13. The molecule has 0 saturated heterocycles. The van der Waals surface area contributed by atoms with Crippen LogP contribution in [0, 0.1) is 6.07 Å². The molecule has 0 radical (unpaired) electrons. The Morgan fingerprint density at radius 2 is 2.30 bits per heavy atom. The number of thioether (sulfide) groups is 1. The Bertz CT molecular complexity index is 162. The van der Waals surface area contributed by atoms with E-state index in [1.165, 1.54) is 4.90 Å². The zero-order valence-electron chi connectivity index (χ0n) is 5.73. The standard InChI is InChI=1S/C8H9S.Cu/c1-2-9-8-6-4-3-5-7-8;/h3-6H,2H2,1H3;/q-1;+1. The van der Waals surface area contributed by atoms with Gasteiger partial charge in [-0.05, 0) is 5.75 Å². The molecule has 0 aliphatic rings. The van der Waals surface area contributed by atoms with E-state index < -0.39 is 0 Å². The zero-order chi connectivity index (χ0) is 6.53. The van der Waals surface area contributed by atoms with E-state index >= 15 is 0 Å². The molecule has 10 heavy (non-hydrogen) atoms. The number of benzene rings is 1. The molecular formula is C8H9CuS. The molecule has 2 heteroatoms. The molecule has 0 unspecified atom stereocenters. The van der Waals surface area contributed by atoms with E-state index in [2.05, 4.69) is 19.1 Å². The van der Waals surface area contributed by atoms with Crippen molar-refractivity contribution < 1.29 is 17.1 Å². The van der Waals surface area contributed by atoms with Gasteiger partial charge in [0.25, 0.3) is 0 Å². The molecule has 1 aromatic carbocycles. The summed E-state index contributed by atoms with van der Waals surface area (Å²) < 4.78 is 0. The molecule has 1 aromatic rings. The first-order valence-electron chi connectivity index (χ1n) is 3.03. The largest absolute Gasteiger partial charge is 1.00 e. The number of hydrogen-bond acceptors (Lipinski definition) is 1. The van der Waals surface area contributed by atoms with Crippen molar-refractivity contribution in [3.8, 4) is 0 Å². The number of rotatable bonds is 2. The van der Waals surface area contributed by atoms with Crippen molar-refractivity contribution in [3.63, 3.8) is 0 Å². The summed E-state index contributed by atoms with van der Waals surface area (Å²) in [5.74, 6) is 1.13. The molecule has 0 aliphatic carbocycles. The van der Waals surface area contributed by atoms with E-state index in [1.807, 2.05) is 30.0 Å². The van der Waals surface area contributed by atoms with Crippen molar-refractivity contribution in [2.75, 3.05) is 5.75 Å². The SMILES string of the molecule is CCSc1[c-]cccc1.[Cu+]. The van der Waals surface area contributed by atoms with E-state index in [-0.39, 0.29) is 17.1 Å². The summed E-state index contributed by atoms with van der Waals surface area (Å²) in [6, 6.07) is 11.2. The quantitative estimate of drug-likeness (QED) is 0.402. The van der Waals surface area contributed by atoms with Crippen molar-refractivity contribution in [1.82, 2.24) is 0 Å². The normalized spacial score (nSPS) is 8.50. The third-order valence-electron chi connectivity index (χ3n) is 0.980. The van der Waals surface area contributed by atoms with Gasteiger partial charge in [-0.25, -0.2) is 0 Å². The van der Waals surface area contributed by atoms with Crippen LogP contribution in [0.2, 0.25) is 0 Å². The van der Waals surface area contributed by atoms with Gasteiger partial charge < -0.3 is 0 Å². The van der Waals surface area contributed by atoms with Crippen LogP contribution in [0.15, 0.2) is 29.2 Å². The minimum absolute atomic E-state index is 0. The second-order valence-corrected chi connectivity index (χ2v) is 2.97. The van der Waals surface area contributed by atoms with Crippen molar-refractivity contribution >= 4 is 11.8 Å². The smallest absolute Gasteiger partial charge is 0.176 e. The predicted octanol–water partition coefficient (Wildman–Crippen LogP) is 2.60. The average molecular weight is 201 g/mol. The van der Waals surface area contributed by atoms with E-state index in [4.69, 9.17) is 0 Å². The topological polar surface area (TPSA) is 0 Å². The summed E-state index contributed by atoms with van der Waals surface area (Å²) in [7, 11) is 0. The van der Waals surface area contributed by atoms with Gasteiger partial charge in [-0.2, -0.15) is 42.1 Å². The van der Waals surface area contributed by atoms with Crippen molar-refractivity contribution in [3.05, 3.63) is 30.3 Å². The molecule has 0 aliphatic heterocycles. The maximum Gasteiger partial charge on any atom is 1.00 e. The summed E-state index contributed by atoms with van der Waals surface area (Å²) in [5.41, 5.74) is 0. The molecule has 0 amide bonds. The van der Waals surface area contributed by atoms with Crippen LogP contribution in [0.4, 0.5) is 0 Å². The third-order valence-corrected chi connectivity index (χ3v) is 1.83. The minimum atomic E-state index is 0. The van der Waals surface area contributed by atoms with Crippen molar-refractivity contribution in [2.24, 2.45) is 0 Å². The van der Waals surface area contributed by atoms with Crippen LogP contribution in [-0.4, -0.2) is 5.75 Å². The Morgan fingerprint density at radius 3 is 2.80 bits per heavy atom. The Kier molecular flexibility index (Phi) is 5.90. The van der Waals surface area contributed by atoms with Crippen LogP contribution in [0.5, 0.6) is 0 Å². The Balaban J connectivity index is 0.000000810. The van der Waals surface area contributed by atoms with Gasteiger partial charge in [-0.15, -0.1) is 4.90 Å². The van der Waals surface area contributed by atoms with Crippen LogP contribution in [-0.2, 0) is 17.1 Å². The van der Waals surface area contributed by atoms with Gasteiger partial charge in [0.15, 0.2) is 0 Å². The van der Waals surface area contributed by atoms with E-state index in [9.17, 15) is 0 Å². The first-order chi connectivity index (χ1) is 4.43. The van der Waals surface area contributed by atoms with Crippen molar-refractivity contribution in [2.45, 2.75) is 11.8 Å². The van der Waals surface area contributed by atoms with Gasteiger partial charge in [0.2, 0.25) is 0 Å². The molecule has 0 atom stereocenters. The maximum absolute atomic E-state index is 3.13. The Labute approximate surface area is 76.9 Å². The Hall–Kier alpha value is 0.0895. The van der Waals surface area contributed by atoms with Crippen LogP contribution < -0.4 is 0 Å². The van der Waals surface area contributed by atoms with E-state index in [0.717, 1.165) is 5.75 Å². The van der Waals surface area contributed by atoms with Crippen LogP contribution in [0.25, 0.3) is 0 Å². The second kappa shape index (κ2) is 5.84. The molecule has 0 saturated carbocycles. The molecule has 0 spiro atoms. The monoisotopic (exact) mass is 200 g/mol. The summed E-state index contributed by atoms with van der Waals surface area (Å²) in [6.45, 7) is 2.14. The fourth-order valence-corrected chi connectivity index (χ4v) is 1.26. The van der Waals surface area contributed by atoms with Crippen LogP contribution >= 0.6 is 11.8 Å². The molecule has 0 N–H and O–H groups in total. The summed E-state index contributed by atoms with van der Waals surface area (Å²) >= 11 is 1.82. The minimum Gasteiger partial charge on any atom is -0.176 e. The predicted molar refractivity (Wildman–Crippen MR) is 41.7 cm³/mol. The van der Waals surface area contributed by atoms with E-state index in [0.29, 0.717) is 0 Å². The number of hydrogen-bond donors (Lipinski definition) is 0. The van der Waals surface area contributed by atoms with Gasteiger partial charge in [0.05, 0.1) is 0 Å². The van der Waals surface area contributed by atoms with E-state index in [1.54, 1.807) is 0 Å². The molecule has 0 fully saturated rings. The molecule has 1 rings (SSSR count). The molecule has 0 aromatic heterocycles. The fraction of sp³-hybridized carbons (Fsp3) is 0.250. The third kappa shape index (κ3) is 3.31. The zero-order valence-corrected chi connectivity index (χ0v) is 7.48. The summed E-state index contributed by atoms with van der Waals surface area (Å²) in [5, 5.41) is 0. The van der Waals surface area contributed by atoms with Gasteiger partial charge in [-0.3, -0.25) is 0 Å². The fourth-order valence-electron chi connectivity index (χ4n) is 0.622. The van der Waals surface area contributed by atoms with Crippen LogP contribution in [0.1, 0.15) is 6.92 Å². The molecule has 0 bridgehead atoms. The summed E-state index contributed by atoms with van der Waals surface area (Å²) in [4.78, 5) is 1.24. The second-order valence-electron chi connectivity index (χ2n) is 1.66. The van der Waals surface area contributed by atoms with Gasteiger partial charge in [0.1, 0.15) is 0 Å². The molecule has 0 heterocycles. The van der Waals surface area contributed by atoms with Crippen LogP contribution in [0.3, 0.4) is 0 Å². The molecular weight excluding hydrogens is 192 g/mol.